The Kier molecular flexibility index (Phi) is 7.87. The first-order valence-electron chi connectivity index (χ1n) is 10.2. The summed E-state index contributed by atoms with van der Waals surface area (Å²) in [6.07, 6.45) is 2.58. The van der Waals surface area contributed by atoms with Crippen molar-refractivity contribution >= 4 is 33.2 Å². The van der Waals surface area contributed by atoms with E-state index in [2.05, 4.69) is 29.0 Å². The van der Waals surface area contributed by atoms with Gasteiger partial charge in [0.1, 0.15) is 11.6 Å². The number of aromatic nitrogens is 3. The minimum atomic E-state index is -3.58. The molecule has 2 aromatic carbocycles. The van der Waals surface area contributed by atoms with E-state index in [0.717, 1.165) is 17.7 Å². The fourth-order valence-corrected chi connectivity index (χ4v) is 5.03. The highest BCUT2D eigenvalue weighted by atomic mass is 32.2. The fraction of sp³-hybridized carbons (Fsp3) is 0.261. The summed E-state index contributed by atoms with van der Waals surface area (Å²) in [7, 11) is -3.58. The SMILES string of the molecule is C=CCn1c(CS(=O)(=O)c2ccc(C)cc2)nnc1SCC(=O)Nc1ccc(CC)cc1. The van der Waals surface area contributed by atoms with Crippen LogP contribution in [-0.2, 0) is 33.4 Å². The molecule has 7 nitrogen and oxygen atoms in total. The van der Waals surface area contributed by atoms with Crippen molar-refractivity contribution in [1.29, 1.82) is 0 Å². The Labute approximate surface area is 192 Å². The van der Waals surface area contributed by atoms with Crippen LogP contribution in [-0.4, -0.2) is 34.8 Å². The second-order valence-electron chi connectivity index (χ2n) is 7.26. The molecule has 0 fully saturated rings. The minimum Gasteiger partial charge on any atom is -0.325 e. The van der Waals surface area contributed by atoms with E-state index in [1.807, 2.05) is 31.2 Å². The Bertz CT molecular complexity index is 1180. The van der Waals surface area contributed by atoms with Crippen molar-refractivity contribution in [3.05, 3.63) is 78.1 Å². The predicted molar refractivity (Wildman–Crippen MR) is 127 cm³/mol. The van der Waals surface area contributed by atoms with Crippen LogP contribution in [0, 0.1) is 6.92 Å². The molecule has 1 N–H and O–H groups in total. The number of nitrogens with one attached hydrogen (secondary N) is 1. The zero-order valence-corrected chi connectivity index (χ0v) is 19.7. The number of rotatable bonds is 10. The maximum Gasteiger partial charge on any atom is 0.234 e. The third kappa shape index (κ3) is 6.08. The summed E-state index contributed by atoms with van der Waals surface area (Å²) in [5, 5.41) is 11.5. The van der Waals surface area contributed by atoms with Crippen LogP contribution in [0.15, 0.2) is 71.2 Å². The number of allylic oxidation sites excluding steroid dienone is 1. The smallest absolute Gasteiger partial charge is 0.234 e. The maximum atomic E-state index is 12.8. The van der Waals surface area contributed by atoms with Crippen molar-refractivity contribution < 1.29 is 13.2 Å². The summed E-state index contributed by atoms with van der Waals surface area (Å²) in [5.41, 5.74) is 2.91. The molecule has 1 aromatic heterocycles. The van der Waals surface area contributed by atoms with E-state index in [1.165, 1.54) is 17.3 Å². The number of hydrogen-bond donors (Lipinski definition) is 1. The standard InChI is InChI=1S/C23H26N4O3S2/c1-4-14-27-21(16-32(29,30)20-12-6-17(3)7-13-20)25-26-23(27)31-15-22(28)24-19-10-8-18(5-2)9-11-19/h4,6-13H,1,5,14-16H2,2-3H3,(H,24,28). The summed E-state index contributed by atoms with van der Waals surface area (Å²) in [6, 6.07) is 14.4. The molecule has 9 heteroatoms. The summed E-state index contributed by atoms with van der Waals surface area (Å²) in [5.74, 6) is -0.0343. The Morgan fingerprint density at radius 2 is 1.81 bits per heavy atom. The van der Waals surface area contributed by atoms with Crippen molar-refractivity contribution in [1.82, 2.24) is 14.8 Å². The summed E-state index contributed by atoms with van der Waals surface area (Å²) >= 11 is 1.20. The highest BCUT2D eigenvalue weighted by Crippen LogP contribution is 2.22. The van der Waals surface area contributed by atoms with Gasteiger partial charge in [-0.15, -0.1) is 16.8 Å². The lowest BCUT2D eigenvalue weighted by Crippen LogP contribution is -2.15. The van der Waals surface area contributed by atoms with Crippen LogP contribution in [0.25, 0.3) is 0 Å². The van der Waals surface area contributed by atoms with Crippen molar-refractivity contribution in [3.63, 3.8) is 0 Å². The number of anilines is 1. The monoisotopic (exact) mass is 470 g/mol. The van der Waals surface area contributed by atoms with Crippen molar-refractivity contribution in [2.75, 3.05) is 11.1 Å². The third-order valence-electron chi connectivity index (χ3n) is 4.78. The second kappa shape index (κ2) is 10.6. The zero-order chi connectivity index (χ0) is 23.1. The number of sulfone groups is 1. The lowest BCUT2D eigenvalue weighted by molar-refractivity contribution is -0.113. The van der Waals surface area contributed by atoms with Gasteiger partial charge in [0, 0.05) is 12.2 Å². The van der Waals surface area contributed by atoms with E-state index in [1.54, 1.807) is 34.9 Å². The Hall–Kier alpha value is -2.91. The van der Waals surface area contributed by atoms with Crippen LogP contribution < -0.4 is 5.32 Å². The minimum absolute atomic E-state index is 0.121. The molecule has 1 amide bonds. The molecular formula is C23H26N4O3S2. The molecule has 0 bridgehead atoms. The molecule has 3 aromatic rings. The highest BCUT2D eigenvalue weighted by molar-refractivity contribution is 7.99. The largest absolute Gasteiger partial charge is 0.325 e. The van der Waals surface area contributed by atoms with E-state index >= 15 is 0 Å². The van der Waals surface area contributed by atoms with Crippen molar-refractivity contribution in [3.8, 4) is 0 Å². The van der Waals surface area contributed by atoms with Gasteiger partial charge >= 0.3 is 0 Å². The summed E-state index contributed by atoms with van der Waals surface area (Å²) in [4.78, 5) is 12.6. The molecule has 0 spiro atoms. The number of nitrogens with zero attached hydrogens (tertiary/aromatic N) is 3. The molecule has 168 valence electrons. The first-order chi connectivity index (χ1) is 15.3. The van der Waals surface area contributed by atoms with Gasteiger partial charge in [-0.25, -0.2) is 8.42 Å². The average Bonchev–Trinajstić information content (AvgIpc) is 3.14. The fourth-order valence-electron chi connectivity index (χ4n) is 2.99. The summed E-state index contributed by atoms with van der Waals surface area (Å²) < 4.78 is 27.3. The van der Waals surface area contributed by atoms with Crippen LogP contribution in [0.3, 0.4) is 0 Å². The highest BCUT2D eigenvalue weighted by Gasteiger charge is 2.21. The van der Waals surface area contributed by atoms with Gasteiger partial charge < -0.3 is 9.88 Å². The number of thioether (sulfide) groups is 1. The Morgan fingerprint density at radius 3 is 2.44 bits per heavy atom. The molecule has 0 radical (unpaired) electrons. The Balaban J connectivity index is 1.69. The zero-order valence-electron chi connectivity index (χ0n) is 18.1. The van der Waals surface area contributed by atoms with E-state index in [-0.39, 0.29) is 22.3 Å². The third-order valence-corrected chi connectivity index (χ3v) is 7.38. The van der Waals surface area contributed by atoms with Gasteiger partial charge in [-0.3, -0.25) is 4.79 Å². The van der Waals surface area contributed by atoms with Gasteiger partial charge in [0.2, 0.25) is 5.91 Å². The second-order valence-corrected chi connectivity index (χ2v) is 10.2. The normalized spacial score (nSPS) is 11.3. The number of carbonyl (C=O) groups is 1. The molecule has 0 aliphatic heterocycles. The lowest BCUT2D eigenvalue weighted by atomic mass is 10.1. The number of benzene rings is 2. The molecule has 1 heterocycles. The van der Waals surface area contributed by atoms with Crippen molar-refractivity contribution in [2.24, 2.45) is 0 Å². The van der Waals surface area contributed by atoms with Crippen LogP contribution in [0.2, 0.25) is 0 Å². The topological polar surface area (TPSA) is 93.9 Å². The van der Waals surface area contributed by atoms with E-state index < -0.39 is 9.84 Å². The number of carbonyl (C=O) groups excluding carboxylic acids is 1. The first kappa shape index (κ1) is 23.7. The average molecular weight is 471 g/mol. The van der Waals surface area contributed by atoms with Gasteiger partial charge in [0.15, 0.2) is 15.0 Å². The molecule has 0 saturated carbocycles. The molecule has 0 aliphatic rings. The van der Waals surface area contributed by atoms with Crippen LogP contribution in [0.1, 0.15) is 23.9 Å². The molecule has 0 saturated heterocycles. The van der Waals surface area contributed by atoms with Gasteiger partial charge in [-0.2, -0.15) is 0 Å². The molecule has 3 rings (SSSR count). The quantitative estimate of drug-likeness (QED) is 0.355. The molecular weight excluding hydrogens is 444 g/mol. The van der Waals surface area contributed by atoms with Gasteiger partial charge in [-0.1, -0.05) is 54.6 Å². The van der Waals surface area contributed by atoms with Crippen molar-refractivity contribution in [2.45, 2.75) is 42.6 Å². The maximum absolute atomic E-state index is 12.8. The molecule has 0 unspecified atom stereocenters. The van der Waals surface area contributed by atoms with E-state index in [9.17, 15) is 13.2 Å². The van der Waals surface area contributed by atoms with Gasteiger partial charge in [-0.05, 0) is 43.2 Å². The molecule has 32 heavy (non-hydrogen) atoms. The van der Waals surface area contributed by atoms with Crippen LogP contribution >= 0.6 is 11.8 Å². The summed E-state index contributed by atoms with van der Waals surface area (Å²) in [6.45, 7) is 8.05. The number of aryl methyl sites for hydroxylation is 2. The number of hydrogen-bond acceptors (Lipinski definition) is 6. The Morgan fingerprint density at radius 1 is 1.12 bits per heavy atom. The number of amides is 1. The first-order valence-corrected chi connectivity index (χ1v) is 12.8. The van der Waals surface area contributed by atoms with Gasteiger partial charge in [0.05, 0.1) is 10.6 Å². The van der Waals surface area contributed by atoms with E-state index in [0.29, 0.717) is 17.5 Å². The van der Waals surface area contributed by atoms with Gasteiger partial charge in [0.25, 0.3) is 0 Å². The van der Waals surface area contributed by atoms with E-state index in [4.69, 9.17) is 0 Å². The van der Waals surface area contributed by atoms with Crippen LogP contribution in [0.4, 0.5) is 5.69 Å². The van der Waals surface area contributed by atoms with Crippen LogP contribution in [0.5, 0.6) is 0 Å². The molecule has 0 atom stereocenters. The predicted octanol–water partition coefficient (Wildman–Crippen LogP) is 4.04. The molecule has 0 aliphatic carbocycles. The lowest BCUT2D eigenvalue weighted by Gasteiger charge is -2.09.